The third-order valence-electron chi connectivity index (χ3n) is 12.0. The molecule has 4 rings (SSSR count). The van der Waals surface area contributed by atoms with Crippen LogP contribution in [0.1, 0.15) is 107 Å². The van der Waals surface area contributed by atoms with E-state index in [1.807, 2.05) is 11.8 Å². The summed E-state index contributed by atoms with van der Waals surface area (Å²) >= 11 is 1.98. The Bertz CT molecular complexity index is 905. The third kappa shape index (κ3) is 4.75. The summed E-state index contributed by atoms with van der Waals surface area (Å²) < 4.78 is 0.0455. The Labute approximate surface area is 230 Å². The predicted molar refractivity (Wildman–Crippen MR) is 153 cm³/mol. The fourth-order valence-corrected chi connectivity index (χ4v) is 12.2. The second-order valence-electron chi connectivity index (χ2n) is 15.4. The monoisotopic (exact) mass is 534 g/mol. The van der Waals surface area contributed by atoms with Crippen LogP contribution in [0, 0.1) is 51.8 Å². The zero-order valence-electron chi connectivity index (χ0n) is 24.9. The van der Waals surface area contributed by atoms with Crippen molar-refractivity contribution in [2.75, 3.05) is 0 Å². The Morgan fingerprint density at radius 2 is 1.68 bits per heavy atom. The van der Waals surface area contributed by atoms with Gasteiger partial charge in [-0.15, -0.1) is 0 Å². The van der Waals surface area contributed by atoms with Gasteiger partial charge in [-0.2, -0.15) is 11.8 Å². The smallest absolute Gasteiger partial charge is 0.307 e. The summed E-state index contributed by atoms with van der Waals surface area (Å²) in [5.74, 6) is 0.0291. The third-order valence-corrected chi connectivity index (χ3v) is 13.5. The molecule has 4 unspecified atom stereocenters. The summed E-state index contributed by atoms with van der Waals surface area (Å²) in [7, 11) is 0. The lowest BCUT2D eigenvalue weighted by Crippen LogP contribution is -2.66. The standard InChI is InChI=1S/C32H54O4S/c1-18(2)10-11-20(28(35)36)26-22-16-24(34)27-30(7)14-13-23(33)19(3)21(30)12-15-31(27,8)32(22,9)17-25(26)37-29(4,5)6/h10,19-27,33-34H,11-17H2,1-9H3,(H,35,36)/t19-,20+,21?,22?,23+,24?,25-,26+,27?,30-,31-,32-/m0/s1. The molecule has 4 aliphatic rings. The maximum absolute atomic E-state index is 12.8. The van der Waals surface area contributed by atoms with Crippen molar-refractivity contribution in [1.29, 1.82) is 0 Å². The van der Waals surface area contributed by atoms with E-state index in [0.717, 1.165) is 32.1 Å². The van der Waals surface area contributed by atoms with Gasteiger partial charge in [0, 0.05) is 10.00 Å². The topological polar surface area (TPSA) is 77.8 Å². The van der Waals surface area contributed by atoms with Crippen LogP contribution in [0.2, 0.25) is 0 Å². The Kier molecular flexibility index (Phi) is 7.83. The molecule has 4 aliphatic carbocycles. The van der Waals surface area contributed by atoms with Crippen molar-refractivity contribution in [2.24, 2.45) is 51.8 Å². The van der Waals surface area contributed by atoms with E-state index in [0.29, 0.717) is 18.8 Å². The number of carboxylic acids is 1. The molecule has 0 aromatic rings. The molecule has 0 radical (unpaired) electrons. The number of aliphatic hydroxyl groups excluding tert-OH is 2. The number of hydrogen-bond donors (Lipinski definition) is 3. The van der Waals surface area contributed by atoms with Gasteiger partial charge in [-0.3, -0.25) is 4.79 Å². The first-order valence-electron chi connectivity index (χ1n) is 14.9. The average molecular weight is 535 g/mol. The Morgan fingerprint density at radius 1 is 1.03 bits per heavy atom. The van der Waals surface area contributed by atoms with E-state index >= 15 is 0 Å². The van der Waals surface area contributed by atoms with Crippen LogP contribution in [-0.2, 0) is 4.79 Å². The molecule has 0 aromatic carbocycles. The summed E-state index contributed by atoms with van der Waals surface area (Å²) in [5.41, 5.74) is 1.12. The minimum Gasteiger partial charge on any atom is -0.481 e. The normalized spacial score (nSPS) is 48.4. The van der Waals surface area contributed by atoms with Crippen molar-refractivity contribution < 1.29 is 20.1 Å². The van der Waals surface area contributed by atoms with Crippen molar-refractivity contribution in [3.05, 3.63) is 11.6 Å². The first kappa shape index (κ1) is 29.5. The van der Waals surface area contributed by atoms with E-state index in [-0.39, 0.29) is 56.0 Å². The molecule has 0 bridgehead atoms. The largest absolute Gasteiger partial charge is 0.481 e. The minimum atomic E-state index is -0.682. The van der Waals surface area contributed by atoms with E-state index in [4.69, 9.17) is 0 Å². The van der Waals surface area contributed by atoms with Gasteiger partial charge in [-0.05, 0) is 105 Å². The average Bonchev–Trinajstić information content (AvgIpc) is 3.02. The Balaban J connectivity index is 1.79. The molecule has 0 heterocycles. The molecular weight excluding hydrogens is 480 g/mol. The first-order chi connectivity index (χ1) is 17.0. The van der Waals surface area contributed by atoms with Crippen molar-refractivity contribution in [1.82, 2.24) is 0 Å². The fraction of sp³-hybridized carbons (Fsp3) is 0.906. The predicted octanol–water partition coefficient (Wildman–Crippen LogP) is 7.18. The molecule has 212 valence electrons. The van der Waals surface area contributed by atoms with Crippen LogP contribution in [0.5, 0.6) is 0 Å². The molecule has 4 saturated carbocycles. The SMILES string of the molecule is CC(C)=CC[C@@H](C(=O)O)[C@@H]1C2CC(O)C3[C@@]4(C)CC[C@@H](O)[C@@H](C)C4CC[C@]3(C)[C@@]2(C)C[C@@H]1SC(C)(C)C. The van der Waals surface area contributed by atoms with Crippen molar-refractivity contribution in [3.8, 4) is 0 Å². The first-order valence-corrected chi connectivity index (χ1v) is 15.7. The van der Waals surface area contributed by atoms with Crippen molar-refractivity contribution in [2.45, 2.75) is 129 Å². The van der Waals surface area contributed by atoms with Crippen LogP contribution >= 0.6 is 11.8 Å². The van der Waals surface area contributed by atoms with E-state index < -0.39 is 18.0 Å². The molecule has 37 heavy (non-hydrogen) atoms. The van der Waals surface area contributed by atoms with Gasteiger partial charge in [0.25, 0.3) is 0 Å². The Hall–Kier alpha value is -0.520. The van der Waals surface area contributed by atoms with E-state index in [1.165, 1.54) is 5.57 Å². The highest BCUT2D eigenvalue weighted by atomic mass is 32.2. The summed E-state index contributed by atoms with van der Waals surface area (Å²) in [6.45, 7) is 20.4. The fourth-order valence-electron chi connectivity index (χ4n) is 10.4. The molecule has 0 aromatic heterocycles. The lowest BCUT2D eigenvalue weighted by molar-refractivity contribution is -0.240. The van der Waals surface area contributed by atoms with Crippen LogP contribution in [0.3, 0.4) is 0 Å². The number of aliphatic carboxylic acids is 1. The van der Waals surface area contributed by atoms with Gasteiger partial charge in [0.2, 0.25) is 0 Å². The maximum Gasteiger partial charge on any atom is 0.307 e. The number of hydrogen-bond acceptors (Lipinski definition) is 4. The number of thioether (sulfide) groups is 1. The van der Waals surface area contributed by atoms with Gasteiger partial charge in [0.15, 0.2) is 0 Å². The quantitative estimate of drug-likeness (QED) is 0.326. The minimum absolute atomic E-state index is 0.0120. The molecule has 4 nitrogen and oxygen atoms in total. The molecule has 0 spiro atoms. The van der Waals surface area contributed by atoms with Crippen LogP contribution in [0.15, 0.2) is 11.6 Å². The van der Waals surface area contributed by atoms with Gasteiger partial charge >= 0.3 is 5.97 Å². The highest BCUT2D eigenvalue weighted by molar-refractivity contribution is 8.01. The molecule has 0 saturated heterocycles. The van der Waals surface area contributed by atoms with Crippen LogP contribution < -0.4 is 0 Å². The highest BCUT2D eigenvalue weighted by Crippen LogP contribution is 2.75. The molecule has 5 heteroatoms. The van der Waals surface area contributed by atoms with Crippen LogP contribution in [-0.4, -0.2) is 43.5 Å². The van der Waals surface area contributed by atoms with E-state index in [2.05, 4.69) is 68.4 Å². The summed E-state index contributed by atoms with van der Waals surface area (Å²) in [6.07, 6.45) is 7.72. The second kappa shape index (κ2) is 9.84. The van der Waals surface area contributed by atoms with E-state index in [9.17, 15) is 20.1 Å². The van der Waals surface area contributed by atoms with Gasteiger partial charge < -0.3 is 15.3 Å². The van der Waals surface area contributed by atoms with Crippen LogP contribution in [0.4, 0.5) is 0 Å². The summed E-state index contributed by atoms with van der Waals surface area (Å²) in [5, 5.41) is 33.5. The van der Waals surface area contributed by atoms with Gasteiger partial charge in [0.05, 0.1) is 18.1 Å². The van der Waals surface area contributed by atoms with Gasteiger partial charge in [-0.1, -0.05) is 60.1 Å². The molecule has 12 atom stereocenters. The number of aliphatic hydroxyl groups is 2. The van der Waals surface area contributed by atoms with Gasteiger partial charge in [-0.25, -0.2) is 0 Å². The second-order valence-corrected chi connectivity index (χ2v) is 17.4. The summed E-state index contributed by atoms with van der Waals surface area (Å²) in [6, 6.07) is 0. The van der Waals surface area contributed by atoms with Crippen molar-refractivity contribution >= 4 is 17.7 Å². The number of rotatable bonds is 5. The number of carbonyl (C=O) groups is 1. The summed E-state index contributed by atoms with van der Waals surface area (Å²) in [4.78, 5) is 12.8. The zero-order valence-corrected chi connectivity index (χ0v) is 25.7. The van der Waals surface area contributed by atoms with E-state index in [1.54, 1.807) is 0 Å². The highest BCUT2D eigenvalue weighted by Gasteiger charge is 2.71. The lowest BCUT2D eigenvalue weighted by atomic mass is 9.36. The molecule has 4 fully saturated rings. The lowest BCUT2D eigenvalue weighted by Gasteiger charge is -2.69. The van der Waals surface area contributed by atoms with Crippen LogP contribution in [0.25, 0.3) is 0 Å². The number of fused-ring (bicyclic) bond motifs is 5. The molecule has 0 aliphatic heterocycles. The zero-order chi connectivity index (χ0) is 27.7. The number of allylic oxidation sites excluding steroid dienone is 2. The molecule has 3 N–H and O–H groups in total. The number of carboxylic acid groups (broad SMARTS) is 1. The maximum atomic E-state index is 12.8. The molecule has 0 amide bonds. The van der Waals surface area contributed by atoms with Gasteiger partial charge in [0.1, 0.15) is 0 Å². The molecular formula is C32H54O4S. The van der Waals surface area contributed by atoms with Crippen molar-refractivity contribution in [3.63, 3.8) is 0 Å². The Morgan fingerprint density at radius 3 is 2.24 bits per heavy atom.